The molecule has 0 saturated heterocycles. The van der Waals surface area contributed by atoms with E-state index in [1.165, 1.54) is 12.1 Å². The summed E-state index contributed by atoms with van der Waals surface area (Å²) in [5.74, 6) is -0.479. The van der Waals surface area contributed by atoms with E-state index in [1.54, 1.807) is 12.1 Å². The number of carboxylic acid groups (broad SMARTS) is 1. The van der Waals surface area contributed by atoms with Gasteiger partial charge in [0.2, 0.25) is 10.0 Å². The van der Waals surface area contributed by atoms with Crippen LogP contribution in [0.3, 0.4) is 0 Å². The minimum atomic E-state index is -3.12. The molecule has 0 atom stereocenters. The van der Waals surface area contributed by atoms with Gasteiger partial charge in [-0.05, 0) is 31.2 Å². The van der Waals surface area contributed by atoms with Crippen molar-refractivity contribution in [3.8, 4) is 5.75 Å². The van der Waals surface area contributed by atoms with Crippen LogP contribution in [0.25, 0.3) is 0 Å². The molecule has 118 valence electrons. The van der Waals surface area contributed by atoms with E-state index in [0.29, 0.717) is 38.4 Å². The van der Waals surface area contributed by atoms with E-state index in [0.717, 1.165) is 6.26 Å². The van der Waals surface area contributed by atoms with Crippen LogP contribution in [0.15, 0.2) is 24.3 Å². The first-order valence-corrected chi connectivity index (χ1v) is 8.39. The highest BCUT2D eigenvalue weighted by Crippen LogP contribution is 2.12. The third-order valence-corrected chi connectivity index (χ3v) is 3.25. The average molecular weight is 316 g/mol. The minimum absolute atomic E-state index is 0.187. The molecule has 0 saturated carbocycles. The van der Waals surface area contributed by atoms with Gasteiger partial charge in [0.15, 0.2) is 0 Å². The molecule has 1 rings (SSSR count). The number of carbonyl (C=O) groups is 1. The Hall–Kier alpha value is -1.64. The number of hydrogen-bond acceptors (Lipinski definition) is 5. The van der Waals surface area contributed by atoms with Crippen molar-refractivity contribution in [2.75, 3.05) is 32.5 Å². The number of benzene rings is 1. The van der Waals surface area contributed by atoms with Gasteiger partial charge < -0.3 is 15.2 Å². The average Bonchev–Trinajstić information content (AvgIpc) is 2.41. The van der Waals surface area contributed by atoms with Gasteiger partial charge in [0.25, 0.3) is 0 Å². The van der Waals surface area contributed by atoms with E-state index in [9.17, 15) is 13.2 Å². The predicted octanol–water partition coefficient (Wildman–Crippen LogP) is 0.293. The Balaban J connectivity index is 2.12. The number of hydrogen-bond donors (Lipinski definition) is 3. The van der Waals surface area contributed by atoms with E-state index in [2.05, 4.69) is 10.0 Å². The summed E-state index contributed by atoms with van der Waals surface area (Å²) in [7, 11) is -3.12. The molecule has 0 fully saturated rings. The first-order valence-electron chi connectivity index (χ1n) is 6.50. The highest BCUT2D eigenvalue weighted by molar-refractivity contribution is 7.88. The molecule has 3 N–H and O–H groups in total. The first-order chi connectivity index (χ1) is 9.88. The molecule has 7 nitrogen and oxygen atoms in total. The second-order valence-electron chi connectivity index (χ2n) is 4.45. The number of sulfonamides is 1. The number of nitrogens with one attached hydrogen (secondary N) is 2. The smallest absolute Gasteiger partial charge is 0.335 e. The summed E-state index contributed by atoms with van der Waals surface area (Å²) < 4.78 is 29.4. The topological polar surface area (TPSA) is 105 Å². The summed E-state index contributed by atoms with van der Waals surface area (Å²) in [5.41, 5.74) is 0.187. The highest BCUT2D eigenvalue weighted by Gasteiger charge is 2.03. The van der Waals surface area contributed by atoms with Crippen molar-refractivity contribution in [2.45, 2.75) is 6.42 Å². The van der Waals surface area contributed by atoms with Crippen molar-refractivity contribution < 1.29 is 23.1 Å². The van der Waals surface area contributed by atoms with Gasteiger partial charge in [-0.3, -0.25) is 0 Å². The Kier molecular flexibility index (Phi) is 7.13. The first kappa shape index (κ1) is 17.4. The Morgan fingerprint density at radius 1 is 1.29 bits per heavy atom. The lowest BCUT2D eigenvalue weighted by molar-refractivity contribution is 0.0696. The van der Waals surface area contributed by atoms with Crippen LogP contribution in [0, 0.1) is 0 Å². The largest absolute Gasteiger partial charge is 0.492 e. The number of rotatable bonds is 10. The molecule has 0 heterocycles. The highest BCUT2D eigenvalue weighted by atomic mass is 32.2. The molecular weight excluding hydrogens is 296 g/mol. The predicted molar refractivity (Wildman–Crippen MR) is 79.2 cm³/mol. The van der Waals surface area contributed by atoms with E-state index in [-0.39, 0.29) is 5.56 Å². The standard InChI is InChI=1S/C13H20N2O5S/c1-21(18,19)15-7-3-6-14-8-9-20-12-5-2-4-11(10-12)13(16)17/h2,4-5,10,14-15H,3,6-9H2,1H3,(H,16,17). The molecule has 0 aliphatic heterocycles. The van der Waals surface area contributed by atoms with Crippen molar-refractivity contribution in [3.05, 3.63) is 29.8 Å². The minimum Gasteiger partial charge on any atom is -0.492 e. The van der Waals surface area contributed by atoms with E-state index in [1.807, 2.05) is 0 Å². The lowest BCUT2D eigenvalue weighted by Gasteiger charge is -2.08. The van der Waals surface area contributed by atoms with Gasteiger partial charge >= 0.3 is 5.97 Å². The van der Waals surface area contributed by atoms with Gasteiger partial charge in [0, 0.05) is 13.1 Å². The van der Waals surface area contributed by atoms with Crippen molar-refractivity contribution >= 4 is 16.0 Å². The summed E-state index contributed by atoms with van der Waals surface area (Å²) >= 11 is 0. The summed E-state index contributed by atoms with van der Waals surface area (Å²) in [6, 6.07) is 6.30. The Morgan fingerprint density at radius 2 is 2.05 bits per heavy atom. The maximum atomic E-state index is 10.8. The lowest BCUT2D eigenvalue weighted by atomic mass is 10.2. The summed E-state index contributed by atoms with van der Waals surface area (Å²) in [5, 5.41) is 11.9. The molecule has 0 amide bonds. The van der Waals surface area contributed by atoms with Crippen LogP contribution in [-0.4, -0.2) is 52.0 Å². The third kappa shape index (κ3) is 8.28. The van der Waals surface area contributed by atoms with Gasteiger partial charge in [0.1, 0.15) is 12.4 Å². The normalized spacial score (nSPS) is 11.3. The Bertz CT molecular complexity index is 559. The lowest BCUT2D eigenvalue weighted by Crippen LogP contribution is -2.28. The zero-order chi connectivity index (χ0) is 15.7. The molecule has 0 radical (unpaired) electrons. The van der Waals surface area contributed by atoms with Crippen LogP contribution in [0.4, 0.5) is 0 Å². The number of ether oxygens (including phenoxy) is 1. The van der Waals surface area contributed by atoms with Crippen LogP contribution in [0.2, 0.25) is 0 Å². The van der Waals surface area contributed by atoms with Crippen molar-refractivity contribution in [3.63, 3.8) is 0 Å². The molecule has 8 heteroatoms. The number of carboxylic acids is 1. The molecule has 21 heavy (non-hydrogen) atoms. The van der Waals surface area contributed by atoms with E-state index < -0.39 is 16.0 Å². The summed E-state index contributed by atoms with van der Waals surface area (Å²) in [6.45, 7) is 2.06. The van der Waals surface area contributed by atoms with Crippen LogP contribution < -0.4 is 14.8 Å². The van der Waals surface area contributed by atoms with Crippen LogP contribution in [0.1, 0.15) is 16.8 Å². The summed E-state index contributed by atoms with van der Waals surface area (Å²) in [4.78, 5) is 10.8. The van der Waals surface area contributed by atoms with Gasteiger partial charge in [-0.15, -0.1) is 0 Å². The molecule has 0 aromatic heterocycles. The van der Waals surface area contributed by atoms with Crippen molar-refractivity contribution in [1.29, 1.82) is 0 Å². The molecule has 0 aliphatic rings. The molecule has 1 aromatic rings. The van der Waals surface area contributed by atoms with E-state index in [4.69, 9.17) is 9.84 Å². The fourth-order valence-corrected chi connectivity index (χ4v) is 2.07. The van der Waals surface area contributed by atoms with Gasteiger partial charge in [-0.1, -0.05) is 6.07 Å². The van der Waals surface area contributed by atoms with E-state index >= 15 is 0 Å². The molecular formula is C13H20N2O5S. The molecule has 0 unspecified atom stereocenters. The second kappa shape index (κ2) is 8.60. The quantitative estimate of drug-likeness (QED) is 0.536. The fraction of sp³-hybridized carbons (Fsp3) is 0.462. The Morgan fingerprint density at radius 3 is 2.71 bits per heavy atom. The molecule has 0 bridgehead atoms. The maximum absolute atomic E-state index is 10.8. The maximum Gasteiger partial charge on any atom is 0.335 e. The molecule has 0 spiro atoms. The Labute approximate surface area is 124 Å². The second-order valence-corrected chi connectivity index (χ2v) is 6.28. The zero-order valence-electron chi connectivity index (χ0n) is 11.8. The van der Waals surface area contributed by atoms with Crippen LogP contribution in [0.5, 0.6) is 5.75 Å². The van der Waals surface area contributed by atoms with Crippen molar-refractivity contribution in [2.24, 2.45) is 0 Å². The monoisotopic (exact) mass is 316 g/mol. The third-order valence-electron chi connectivity index (χ3n) is 2.52. The molecule has 0 aliphatic carbocycles. The fourth-order valence-electron chi connectivity index (χ4n) is 1.56. The zero-order valence-corrected chi connectivity index (χ0v) is 12.6. The van der Waals surface area contributed by atoms with Crippen LogP contribution in [-0.2, 0) is 10.0 Å². The molecule has 1 aromatic carbocycles. The van der Waals surface area contributed by atoms with Gasteiger partial charge in [-0.25, -0.2) is 17.9 Å². The van der Waals surface area contributed by atoms with Crippen molar-refractivity contribution in [1.82, 2.24) is 10.0 Å². The van der Waals surface area contributed by atoms with Gasteiger partial charge in [-0.2, -0.15) is 0 Å². The SMILES string of the molecule is CS(=O)(=O)NCCCNCCOc1cccc(C(=O)O)c1. The van der Waals surface area contributed by atoms with Crippen LogP contribution >= 0.6 is 0 Å². The number of aromatic carboxylic acids is 1. The van der Waals surface area contributed by atoms with Gasteiger partial charge in [0.05, 0.1) is 11.8 Å². The summed E-state index contributed by atoms with van der Waals surface area (Å²) in [6.07, 6.45) is 1.81.